The molecule has 0 saturated carbocycles. The molecule has 0 unspecified atom stereocenters. The van der Waals surface area contributed by atoms with Gasteiger partial charge in [-0.1, -0.05) is 60.7 Å². The highest BCUT2D eigenvalue weighted by atomic mass is 16.2. The summed E-state index contributed by atoms with van der Waals surface area (Å²) in [5, 5.41) is 6.60. The Morgan fingerprint density at radius 2 is 1.46 bits per heavy atom. The van der Waals surface area contributed by atoms with Crippen molar-refractivity contribution in [3.05, 3.63) is 84.1 Å². The fraction of sp³-hybridized carbons (Fsp3) is 0.150. The van der Waals surface area contributed by atoms with Crippen molar-refractivity contribution >= 4 is 17.6 Å². The van der Waals surface area contributed by atoms with Crippen LogP contribution in [0.4, 0.5) is 5.82 Å². The summed E-state index contributed by atoms with van der Waals surface area (Å²) < 4.78 is 1.50. The van der Waals surface area contributed by atoms with E-state index < -0.39 is 11.8 Å². The Balaban J connectivity index is 1.78. The van der Waals surface area contributed by atoms with Crippen LogP contribution in [0.25, 0.3) is 0 Å². The van der Waals surface area contributed by atoms with Crippen LogP contribution in [0.3, 0.4) is 0 Å². The molecule has 132 valence electrons. The number of rotatable bonds is 5. The molecule has 3 aromatic rings. The van der Waals surface area contributed by atoms with Crippen LogP contribution in [0.5, 0.6) is 0 Å². The molecule has 1 N–H and O–H groups in total. The average molecular weight is 348 g/mol. The van der Waals surface area contributed by atoms with Gasteiger partial charge in [0.05, 0.1) is 6.20 Å². The topological polar surface area (TPSA) is 67.2 Å². The second-order valence-electron chi connectivity index (χ2n) is 5.93. The fourth-order valence-corrected chi connectivity index (χ4v) is 2.62. The second kappa shape index (κ2) is 8.11. The van der Waals surface area contributed by atoms with Crippen LogP contribution in [0.15, 0.2) is 72.9 Å². The number of nitrogens with one attached hydrogen (secondary N) is 1. The lowest BCUT2D eigenvalue weighted by molar-refractivity contribution is -0.144. The first-order valence-electron chi connectivity index (χ1n) is 8.29. The predicted molar refractivity (Wildman–Crippen MR) is 99.0 cm³/mol. The van der Waals surface area contributed by atoms with Gasteiger partial charge in [-0.25, -0.2) is 0 Å². The Hall–Kier alpha value is -3.41. The molecule has 6 nitrogen and oxygen atoms in total. The van der Waals surface area contributed by atoms with Crippen LogP contribution < -0.4 is 5.32 Å². The summed E-state index contributed by atoms with van der Waals surface area (Å²) in [6.45, 7) is 0.709. The molecule has 6 heteroatoms. The van der Waals surface area contributed by atoms with Gasteiger partial charge in [0.2, 0.25) is 0 Å². The summed E-state index contributed by atoms with van der Waals surface area (Å²) >= 11 is 0. The number of nitrogens with zero attached hydrogens (tertiary/aromatic N) is 3. The minimum absolute atomic E-state index is 0.355. The number of benzene rings is 2. The Morgan fingerprint density at radius 1 is 0.923 bits per heavy atom. The number of amides is 2. The van der Waals surface area contributed by atoms with Gasteiger partial charge in [-0.05, 0) is 11.1 Å². The zero-order chi connectivity index (χ0) is 18.4. The van der Waals surface area contributed by atoms with E-state index in [1.54, 1.807) is 19.3 Å². The maximum Gasteiger partial charge on any atom is 0.315 e. The van der Waals surface area contributed by atoms with Gasteiger partial charge < -0.3 is 10.2 Å². The molecule has 26 heavy (non-hydrogen) atoms. The number of carbonyl (C=O) groups excluding carboxylic acids is 2. The third-order valence-electron chi connectivity index (χ3n) is 3.98. The van der Waals surface area contributed by atoms with Crippen molar-refractivity contribution in [2.24, 2.45) is 7.05 Å². The molecule has 3 rings (SSSR count). The SMILES string of the molecule is Cn1nccc1NC(=O)C(=O)N(Cc1ccccc1)Cc1ccccc1. The van der Waals surface area contributed by atoms with Crippen molar-refractivity contribution in [2.45, 2.75) is 13.1 Å². The van der Waals surface area contributed by atoms with Crippen molar-refractivity contribution < 1.29 is 9.59 Å². The van der Waals surface area contributed by atoms with E-state index in [2.05, 4.69) is 10.4 Å². The van der Waals surface area contributed by atoms with Crippen LogP contribution in [0.1, 0.15) is 11.1 Å². The quantitative estimate of drug-likeness (QED) is 0.721. The zero-order valence-corrected chi connectivity index (χ0v) is 14.5. The summed E-state index contributed by atoms with van der Waals surface area (Å²) in [5.41, 5.74) is 1.93. The number of anilines is 1. The standard InChI is InChI=1S/C20H20N4O2/c1-23-18(12-13-21-23)22-19(25)20(26)24(14-16-8-4-2-5-9-16)15-17-10-6-3-7-11-17/h2-13H,14-15H2,1H3,(H,22,25). The summed E-state index contributed by atoms with van der Waals surface area (Å²) in [6, 6.07) is 20.9. The van der Waals surface area contributed by atoms with Crippen LogP contribution in [-0.2, 0) is 29.7 Å². The maximum atomic E-state index is 12.8. The van der Waals surface area contributed by atoms with Crippen molar-refractivity contribution in [3.63, 3.8) is 0 Å². The van der Waals surface area contributed by atoms with Gasteiger partial charge >= 0.3 is 11.8 Å². The highest BCUT2D eigenvalue weighted by molar-refractivity contribution is 6.39. The molecule has 0 saturated heterocycles. The Bertz CT molecular complexity index is 834. The molecule has 0 atom stereocenters. The highest BCUT2D eigenvalue weighted by Crippen LogP contribution is 2.12. The second-order valence-corrected chi connectivity index (χ2v) is 5.93. The highest BCUT2D eigenvalue weighted by Gasteiger charge is 2.23. The number of aryl methyl sites for hydroxylation is 1. The zero-order valence-electron chi connectivity index (χ0n) is 14.5. The van der Waals surface area contributed by atoms with Crippen LogP contribution in [0.2, 0.25) is 0 Å². The molecule has 0 spiro atoms. The van der Waals surface area contributed by atoms with Gasteiger partial charge in [-0.2, -0.15) is 5.10 Å². The number of carbonyl (C=O) groups is 2. The minimum Gasteiger partial charge on any atom is -0.326 e. The first-order valence-corrected chi connectivity index (χ1v) is 8.29. The lowest BCUT2D eigenvalue weighted by Gasteiger charge is -2.22. The van der Waals surface area contributed by atoms with E-state index in [9.17, 15) is 9.59 Å². The monoisotopic (exact) mass is 348 g/mol. The van der Waals surface area contributed by atoms with Gasteiger partial charge in [0, 0.05) is 26.2 Å². The van der Waals surface area contributed by atoms with Crippen molar-refractivity contribution in [2.75, 3.05) is 5.32 Å². The number of hydrogen-bond acceptors (Lipinski definition) is 3. The van der Waals surface area contributed by atoms with E-state index in [1.807, 2.05) is 60.7 Å². The Labute approximate surface area is 152 Å². The smallest absolute Gasteiger partial charge is 0.315 e. The van der Waals surface area contributed by atoms with Gasteiger partial charge in [0.1, 0.15) is 5.82 Å². The molecule has 0 aliphatic rings. The maximum absolute atomic E-state index is 12.8. The van der Waals surface area contributed by atoms with Crippen LogP contribution >= 0.6 is 0 Å². The van der Waals surface area contributed by atoms with Crippen molar-refractivity contribution in [1.82, 2.24) is 14.7 Å². The molecule has 1 aromatic heterocycles. The molecule has 0 radical (unpaired) electrons. The lowest BCUT2D eigenvalue weighted by Crippen LogP contribution is -2.39. The Kier molecular flexibility index (Phi) is 5.43. The summed E-state index contributed by atoms with van der Waals surface area (Å²) in [4.78, 5) is 26.8. The van der Waals surface area contributed by atoms with Gasteiger partial charge in [0.25, 0.3) is 0 Å². The molecule has 0 aliphatic carbocycles. The van der Waals surface area contributed by atoms with Crippen LogP contribution in [-0.4, -0.2) is 26.5 Å². The third-order valence-corrected chi connectivity index (χ3v) is 3.98. The van der Waals surface area contributed by atoms with E-state index in [4.69, 9.17) is 0 Å². The van der Waals surface area contributed by atoms with E-state index in [1.165, 1.54) is 9.58 Å². The average Bonchev–Trinajstić information content (AvgIpc) is 3.07. The number of aromatic nitrogens is 2. The van der Waals surface area contributed by atoms with E-state index in [0.29, 0.717) is 18.9 Å². The van der Waals surface area contributed by atoms with E-state index in [-0.39, 0.29) is 0 Å². The normalized spacial score (nSPS) is 10.3. The molecule has 2 amide bonds. The molecule has 2 aromatic carbocycles. The summed E-state index contributed by atoms with van der Waals surface area (Å²) in [5.74, 6) is -0.790. The molecular weight excluding hydrogens is 328 g/mol. The largest absolute Gasteiger partial charge is 0.326 e. The molecule has 1 heterocycles. The van der Waals surface area contributed by atoms with Crippen molar-refractivity contribution in [3.8, 4) is 0 Å². The molecule has 0 aliphatic heterocycles. The summed E-state index contributed by atoms with van der Waals surface area (Å²) in [7, 11) is 1.70. The van der Waals surface area contributed by atoms with E-state index >= 15 is 0 Å². The minimum atomic E-state index is -0.680. The molecule has 0 fully saturated rings. The van der Waals surface area contributed by atoms with Gasteiger partial charge in [-0.15, -0.1) is 0 Å². The van der Waals surface area contributed by atoms with Crippen molar-refractivity contribution in [1.29, 1.82) is 0 Å². The summed E-state index contributed by atoms with van der Waals surface area (Å²) in [6.07, 6.45) is 1.56. The molecular formula is C20H20N4O2. The van der Waals surface area contributed by atoms with E-state index in [0.717, 1.165) is 11.1 Å². The van der Waals surface area contributed by atoms with Gasteiger partial charge in [-0.3, -0.25) is 14.3 Å². The first kappa shape index (κ1) is 17.4. The lowest BCUT2D eigenvalue weighted by atomic mass is 10.1. The van der Waals surface area contributed by atoms with Gasteiger partial charge in [0.15, 0.2) is 0 Å². The predicted octanol–water partition coefficient (Wildman–Crippen LogP) is 2.59. The fourth-order valence-electron chi connectivity index (χ4n) is 2.62. The third kappa shape index (κ3) is 4.36. The first-order chi connectivity index (χ1) is 12.6. The van der Waals surface area contributed by atoms with Crippen LogP contribution in [0, 0.1) is 0 Å². The Morgan fingerprint density at radius 3 is 1.92 bits per heavy atom. The molecule has 0 bridgehead atoms. The number of hydrogen-bond donors (Lipinski definition) is 1.